The Morgan fingerprint density at radius 3 is 2.53 bits per heavy atom. The van der Waals surface area contributed by atoms with Crippen LogP contribution in [0, 0.1) is 11.3 Å². The highest BCUT2D eigenvalue weighted by atomic mass is 127. The SMILES string of the molecule is CC1CCCN(C(N)=NC2CCC2(C)C)C1.I. The minimum atomic E-state index is 0. The summed E-state index contributed by atoms with van der Waals surface area (Å²) >= 11 is 0. The Kier molecular flexibility index (Phi) is 5.10. The highest BCUT2D eigenvalue weighted by molar-refractivity contribution is 14.0. The second-order valence-electron chi connectivity index (χ2n) is 6.22. The van der Waals surface area contributed by atoms with Crippen LogP contribution in [0.4, 0.5) is 0 Å². The van der Waals surface area contributed by atoms with E-state index in [0.29, 0.717) is 11.5 Å². The van der Waals surface area contributed by atoms with Crippen LogP contribution in [0.15, 0.2) is 4.99 Å². The zero-order valence-electron chi connectivity index (χ0n) is 11.3. The highest BCUT2D eigenvalue weighted by Crippen LogP contribution is 2.42. The van der Waals surface area contributed by atoms with E-state index in [4.69, 9.17) is 10.7 Å². The number of guanidine groups is 1. The van der Waals surface area contributed by atoms with E-state index in [1.165, 1.54) is 25.7 Å². The molecule has 2 N–H and O–H groups in total. The number of halogens is 1. The van der Waals surface area contributed by atoms with Crippen LogP contribution in [0.25, 0.3) is 0 Å². The molecule has 2 atom stereocenters. The van der Waals surface area contributed by atoms with Crippen molar-refractivity contribution in [2.45, 2.75) is 52.5 Å². The third kappa shape index (κ3) is 3.48. The van der Waals surface area contributed by atoms with E-state index in [-0.39, 0.29) is 24.0 Å². The molecule has 2 aliphatic rings. The maximum Gasteiger partial charge on any atom is 0.191 e. The average molecular weight is 351 g/mol. The normalized spacial score (nSPS) is 32.6. The fraction of sp³-hybridized carbons (Fsp3) is 0.923. The van der Waals surface area contributed by atoms with Crippen molar-refractivity contribution in [3.05, 3.63) is 0 Å². The van der Waals surface area contributed by atoms with E-state index in [1.807, 2.05) is 0 Å². The first-order valence-corrected chi connectivity index (χ1v) is 6.57. The molecule has 4 heteroatoms. The Morgan fingerprint density at radius 2 is 2.06 bits per heavy atom. The fourth-order valence-corrected chi connectivity index (χ4v) is 2.73. The molecular formula is C13H26IN3. The molecule has 3 nitrogen and oxygen atoms in total. The number of hydrogen-bond donors (Lipinski definition) is 1. The second-order valence-corrected chi connectivity index (χ2v) is 6.22. The van der Waals surface area contributed by atoms with E-state index >= 15 is 0 Å². The van der Waals surface area contributed by atoms with Crippen molar-refractivity contribution < 1.29 is 0 Å². The molecule has 0 aromatic heterocycles. The summed E-state index contributed by atoms with van der Waals surface area (Å²) < 4.78 is 0. The van der Waals surface area contributed by atoms with Gasteiger partial charge in [0.05, 0.1) is 6.04 Å². The maximum absolute atomic E-state index is 6.12. The minimum Gasteiger partial charge on any atom is -0.370 e. The first kappa shape index (κ1) is 15.1. The lowest BCUT2D eigenvalue weighted by Gasteiger charge is -2.42. The van der Waals surface area contributed by atoms with Crippen molar-refractivity contribution in [1.82, 2.24) is 4.90 Å². The third-order valence-corrected chi connectivity index (χ3v) is 4.23. The van der Waals surface area contributed by atoms with Crippen molar-refractivity contribution in [2.24, 2.45) is 22.1 Å². The van der Waals surface area contributed by atoms with Crippen LogP contribution in [0.3, 0.4) is 0 Å². The van der Waals surface area contributed by atoms with Crippen LogP contribution in [-0.2, 0) is 0 Å². The van der Waals surface area contributed by atoms with Gasteiger partial charge >= 0.3 is 0 Å². The summed E-state index contributed by atoms with van der Waals surface area (Å²) in [5.74, 6) is 1.54. The van der Waals surface area contributed by atoms with E-state index in [0.717, 1.165) is 25.0 Å². The molecule has 0 spiro atoms. The predicted molar refractivity (Wildman–Crippen MR) is 83.8 cm³/mol. The van der Waals surface area contributed by atoms with Gasteiger partial charge in [0, 0.05) is 13.1 Å². The molecule has 1 aliphatic carbocycles. The van der Waals surface area contributed by atoms with E-state index in [2.05, 4.69) is 25.7 Å². The molecule has 0 radical (unpaired) electrons. The molecule has 1 saturated carbocycles. The summed E-state index contributed by atoms with van der Waals surface area (Å²) in [5, 5.41) is 0. The largest absolute Gasteiger partial charge is 0.370 e. The van der Waals surface area contributed by atoms with Gasteiger partial charge in [0.15, 0.2) is 5.96 Å². The lowest BCUT2D eigenvalue weighted by atomic mass is 9.68. The van der Waals surface area contributed by atoms with E-state index in [1.54, 1.807) is 0 Å². The maximum atomic E-state index is 6.12. The topological polar surface area (TPSA) is 41.6 Å². The van der Waals surface area contributed by atoms with Gasteiger partial charge in [-0.05, 0) is 37.0 Å². The van der Waals surface area contributed by atoms with Gasteiger partial charge in [0.2, 0.25) is 0 Å². The van der Waals surface area contributed by atoms with Gasteiger partial charge in [0.25, 0.3) is 0 Å². The number of aliphatic imine (C=N–C) groups is 1. The van der Waals surface area contributed by atoms with Gasteiger partial charge in [-0.3, -0.25) is 0 Å². The molecule has 0 aromatic rings. The van der Waals surface area contributed by atoms with Crippen LogP contribution in [0.2, 0.25) is 0 Å². The number of nitrogens with zero attached hydrogens (tertiary/aromatic N) is 2. The van der Waals surface area contributed by atoms with Crippen molar-refractivity contribution in [2.75, 3.05) is 13.1 Å². The summed E-state index contributed by atoms with van der Waals surface area (Å²) in [6.07, 6.45) is 5.08. The zero-order valence-corrected chi connectivity index (χ0v) is 13.6. The molecule has 0 amide bonds. The predicted octanol–water partition coefficient (Wildman–Crippen LogP) is 2.84. The van der Waals surface area contributed by atoms with Crippen LogP contribution in [0.1, 0.15) is 46.5 Å². The van der Waals surface area contributed by atoms with Crippen LogP contribution in [0.5, 0.6) is 0 Å². The van der Waals surface area contributed by atoms with Crippen LogP contribution >= 0.6 is 24.0 Å². The first-order chi connectivity index (χ1) is 7.49. The van der Waals surface area contributed by atoms with Crippen molar-refractivity contribution in [1.29, 1.82) is 0 Å². The van der Waals surface area contributed by atoms with E-state index in [9.17, 15) is 0 Å². The van der Waals surface area contributed by atoms with Gasteiger partial charge in [-0.1, -0.05) is 20.8 Å². The summed E-state index contributed by atoms with van der Waals surface area (Å²) in [4.78, 5) is 6.98. The summed E-state index contributed by atoms with van der Waals surface area (Å²) in [7, 11) is 0. The molecule has 100 valence electrons. The monoisotopic (exact) mass is 351 g/mol. The highest BCUT2D eigenvalue weighted by Gasteiger charge is 2.38. The number of piperidine rings is 1. The van der Waals surface area contributed by atoms with E-state index < -0.39 is 0 Å². The van der Waals surface area contributed by atoms with Gasteiger partial charge in [-0.25, -0.2) is 4.99 Å². The Hall–Kier alpha value is 0. The standard InChI is InChI=1S/C13H25N3.HI/c1-10-5-4-8-16(9-10)12(14)15-11-6-7-13(11,2)3;/h10-11H,4-9H2,1-3H3,(H2,14,15);1H. The molecule has 1 saturated heterocycles. The fourth-order valence-electron chi connectivity index (χ4n) is 2.73. The second kappa shape index (κ2) is 5.76. The Labute approximate surface area is 122 Å². The molecular weight excluding hydrogens is 325 g/mol. The Morgan fingerprint density at radius 1 is 1.35 bits per heavy atom. The van der Waals surface area contributed by atoms with Crippen molar-refractivity contribution in [3.8, 4) is 0 Å². The summed E-state index contributed by atoms with van der Waals surface area (Å²) in [6, 6.07) is 0.449. The Bertz CT molecular complexity index is 288. The molecule has 17 heavy (non-hydrogen) atoms. The molecule has 0 aromatic carbocycles. The van der Waals surface area contributed by atoms with Crippen LogP contribution in [-0.4, -0.2) is 30.0 Å². The van der Waals surface area contributed by atoms with Gasteiger partial charge in [-0.15, -0.1) is 24.0 Å². The first-order valence-electron chi connectivity index (χ1n) is 6.57. The van der Waals surface area contributed by atoms with Crippen molar-refractivity contribution in [3.63, 3.8) is 0 Å². The summed E-state index contributed by atoms with van der Waals surface area (Å²) in [5.41, 5.74) is 6.49. The number of nitrogens with two attached hydrogens (primary N) is 1. The summed E-state index contributed by atoms with van der Waals surface area (Å²) in [6.45, 7) is 9.05. The molecule has 1 heterocycles. The molecule has 2 fully saturated rings. The number of likely N-dealkylation sites (tertiary alicyclic amines) is 1. The van der Waals surface area contributed by atoms with Crippen LogP contribution < -0.4 is 5.73 Å². The minimum absolute atomic E-state index is 0. The average Bonchev–Trinajstić information content (AvgIpc) is 2.24. The molecule has 0 bridgehead atoms. The van der Waals surface area contributed by atoms with Gasteiger partial charge < -0.3 is 10.6 Å². The van der Waals surface area contributed by atoms with Gasteiger partial charge in [0.1, 0.15) is 0 Å². The molecule has 2 rings (SSSR count). The smallest absolute Gasteiger partial charge is 0.191 e. The molecule has 1 aliphatic heterocycles. The Balaban J connectivity index is 0.00000144. The van der Waals surface area contributed by atoms with Gasteiger partial charge in [-0.2, -0.15) is 0 Å². The van der Waals surface area contributed by atoms with Crippen molar-refractivity contribution >= 4 is 29.9 Å². The third-order valence-electron chi connectivity index (χ3n) is 4.23. The number of hydrogen-bond acceptors (Lipinski definition) is 1. The number of rotatable bonds is 1. The quantitative estimate of drug-likeness (QED) is 0.448. The lowest BCUT2D eigenvalue weighted by Crippen LogP contribution is -2.47. The lowest BCUT2D eigenvalue weighted by molar-refractivity contribution is 0.143. The molecule has 2 unspecified atom stereocenters. The zero-order chi connectivity index (χ0) is 11.8.